The normalized spacial score (nSPS) is 11.1. The molecule has 0 bridgehead atoms. The van der Waals surface area contributed by atoms with E-state index in [1.807, 2.05) is 16.7 Å². The van der Waals surface area contributed by atoms with Gasteiger partial charge in [-0.2, -0.15) is 0 Å². The van der Waals surface area contributed by atoms with Gasteiger partial charge < -0.3 is 9.67 Å². The third kappa shape index (κ3) is 2.36. The highest BCUT2D eigenvalue weighted by Crippen LogP contribution is 2.23. The second-order valence-corrected chi connectivity index (χ2v) is 4.81. The van der Waals surface area contributed by atoms with Gasteiger partial charge in [-0.3, -0.25) is 0 Å². The van der Waals surface area contributed by atoms with Gasteiger partial charge in [-0.25, -0.2) is 9.83 Å². The van der Waals surface area contributed by atoms with E-state index in [0.29, 0.717) is 17.4 Å². The van der Waals surface area contributed by atoms with Crippen molar-refractivity contribution in [2.24, 2.45) is 5.92 Å². The minimum Gasteiger partial charge on any atom is -0.388 e. The highest BCUT2D eigenvalue weighted by Gasteiger charge is 2.10. The van der Waals surface area contributed by atoms with E-state index in [2.05, 4.69) is 23.7 Å². The molecule has 1 N–H and O–H groups in total. The van der Waals surface area contributed by atoms with E-state index < -0.39 is 0 Å². The van der Waals surface area contributed by atoms with Gasteiger partial charge in [-0.1, -0.05) is 19.9 Å². The number of aliphatic hydroxyl groups excluding tert-OH is 1. The van der Waals surface area contributed by atoms with Gasteiger partial charge in [0.15, 0.2) is 5.69 Å². The van der Waals surface area contributed by atoms with Crippen molar-refractivity contribution in [1.82, 2.24) is 9.55 Å². The van der Waals surface area contributed by atoms with Crippen LogP contribution in [0.4, 0.5) is 5.69 Å². The van der Waals surface area contributed by atoms with Gasteiger partial charge in [0, 0.05) is 6.54 Å². The minimum absolute atomic E-state index is 0.0693. The fourth-order valence-electron chi connectivity index (χ4n) is 1.99. The van der Waals surface area contributed by atoms with Crippen LogP contribution in [0.15, 0.2) is 18.2 Å². The van der Waals surface area contributed by atoms with Gasteiger partial charge in [-0.05, 0) is 24.5 Å². The minimum atomic E-state index is -0.0693. The Hall–Kier alpha value is -1.86. The number of benzene rings is 1. The molecule has 1 heterocycles. The Balaban J connectivity index is 2.49. The lowest BCUT2D eigenvalue weighted by Crippen LogP contribution is -2.06. The number of nitrogens with zero attached hydrogens (tertiary/aromatic N) is 3. The molecule has 0 saturated heterocycles. The van der Waals surface area contributed by atoms with Crippen molar-refractivity contribution in [3.05, 3.63) is 35.4 Å². The van der Waals surface area contributed by atoms with Crippen molar-refractivity contribution >= 4 is 16.7 Å². The molecule has 1 aromatic carbocycles. The number of imidazole rings is 1. The molecule has 0 saturated carbocycles. The van der Waals surface area contributed by atoms with E-state index in [1.165, 1.54) is 0 Å². The summed E-state index contributed by atoms with van der Waals surface area (Å²) in [6.45, 7) is 12.2. The Kier molecular flexibility index (Phi) is 3.63. The van der Waals surface area contributed by atoms with Crippen molar-refractivity contribution in [3.63, 3.8) is 0 Å². The molecule has 0 aliphatic heterocycles. The molecular weight excluding hydrogens is 226 g/mol. The quantitative estimate of drug-likeness (QED) is 0.838. The zero-order chi connectivity index (χ0) is 13.1. The van der Waals surface area contributed by atoms with E-state index in [1.54, 1.807) is 6.07 Å². The van der Waals surface area contributed by atoms with E-state index in [-0.39, 0.29) is 6.61 Å². The Morgan fingerprint density at radius 3 is 2.83 bits per heavy atom. The van der Waals surface area contributed by atoms with Gasteiger partial charge in [0.1, 0.15) is 12.4 Å². The molecule has 0 unspecified atom stereocenters. The van der Waals surface area contributed by atoms with Crippen LogP contribution in [0.25, 0.3) is 15.9 Å². The summed E-state index contributed by atoms with van der Waals surface area (Å²) in [5.74, 6) is 1.27. The van der Waals surface area contributed by atoms with E-state index in [0.717, 1.165) is 24.0 Å². The summed E-state index contributed by atoms with van der Waals surface area (Å²) in [6.07, 6.45) is 1.03. The molecule has 1 aromatic heterocycles. The third-order valence-corrected chi connectivity index (χ3v) is 3.01. The first-order valence-electron chi connectivity index (χ1n) is 6.13. The fourth-order valence-corrected chi connectivity index (χ4v) is 1.99. The Bertz CT molecular complexity index is 593. The van der Waals surface area contributed by atoms with Gasteiger partial charge in [-0.15, -0.1) is 0 Å². The highest BCUT2D eigenvalue weighted by molar-refractivity contribution is 5.80. The predicted octanol–water partition coefficient (Wildman–Crippen LogP) is 3.13. The number of aryl methyl sites for hydroxylation is 1. The molecule has 18 heavy (non-hydrogen) atoms. The summed E-state index contributed by atoms with van der Waals surface area (Å²) >= 11 is 0. The molecular formula is C14H17N3O. The van der Waals surface area contributed by atoms with Crippen LogP contribution in [0.3, 0.4) is 0 Å². The topological polar surface area (TPSA) is 42.4 Å². The lowest BCUT2D eigenvalue weighted by Gasteiger charge is -2.09. The lowest BCUT2D eigenvalue weighted by molar-refractivity contribution is 0.264. The first-order valence-corrected chi connectivity index (χ1v) is 6.13. The summed E-state index contributed by atoms with van der Waals surface area (Å²) in [6, 6.07) is 5.44. The molecule has 4 nitrogen and oxygen atoms in total. The molecule has 4 heteroatoms. The van der Waals surface area contributed by atoms with Crippen LogP contribution in [0.2, 0.25) is 0 Å². The van der Waals surface area contributed by atoms with Gasteiger partial charge in [0.2, 0.25) is 0 Å². The van der Waals surface area contributed by atoms with Crippen LogP contribution >= 0.6 is 0 Å². The number of aromatic nitrogens is 2. The summed E-state index contributed by atoms with van der Waals surface area (Å²) < 4.78 is 2.02. The standard InChI is InChI=1S/C14H17N3O/c1-10(2)6-7-17-13-8-11(15-3)4-5-12(13)16-14(17)9-18/h4-5,8,10,18H,6-7,9H2,1-2H3. The maximum absolute atomic E-state index is 9.37. The average Bonchev–Trinajstić information content (AvgIpc) is 2.72. The first kappa shape index (κ1) is 12.6. The van der Waals surface area contributed by atoms with Crippen molar-refractivity contribution < 1.29 is 5.11 Å². The van der Waals surface area contributed by atoms with E-state index in [9.17, 15) is 5.11 Å². The van der Waals surface area contributed by atoms with E-state index in [4.69, 9.17) is 6.57 Å². The fraction of sp³-hybridized carbons (Fsp3) is 0.429. The summed E-state index contributed by atoms with van der Waals surface area (Å²) in [5.41, 5.74) is 2.39. The summed E-state index contributed by atoms with van der Waals surface area (Å²) in [7, 11) is 0. The van der Waals surface area contributed by atoms with Crippen molar-refractivity contribution in [2.75, 3.05) is 0 Å². The van der Waals surface area contributed by atoms with Crippen LogP contribution in [0.5, 0.6) is 0 Å². The first-order chi connectivity index (χ1) is 8.65. The van der Waals surface area contributed by atoms with Crippen LogP contribution in [-0.4, -0.2) is 14.7 Å². The smallest absolute Gasteiger partial charge is 0.189 e. The SMILES string of the molecule is [C-]#[N+]c1ccc2nc(CO)n(CCC(C)C)c2c1. The number of rotatable bonds is 4. The molecule has 0 fully saturated rings. The molecule has 0 spiro atoms. The number of aliphatic hydroxyl groups is 1. The van der Waals surface area contributed by atoms with Crippen molar-refractivity contribution in [3.8, 4) is 0 Å². The number of hydrogen-bond donors (Lipinski definition) is 1. The molecule has 0 radical (unpaired) electrons. The van der Waals surface area contributed by atoms with E-state index >= 15 is 0 Å². The summed E-state index contributed by atoms with van der Waals surface area (Å²) in [5, 5.41) is 9.37. The molecule has 2 aromatic rings. The molecule has 0 atom stereocenters. The third-order valence-electron chi connectivity index (χ3n) is 3.01. The van der Waals surface area contributed by atoms with Gasteiger partial charge in [0.25, 0.3) is 0 Å². The molecule has 2 rings (SSSR count). The second-order valence-electron chi connectivity index (χ2n) is 4.81. The van der Waals surface area contributed by atoms with Gasteiger partial charge in [0.05, 0.1) is 17.6 Å². The zero-order valence-corrected chi connectivity index (χ0v) is 10.7. The van der Waals surface area contributed by atoms with Crippen LogP contribution in [0.1, 0.15) is 26.1 Å². The molecule has 94 valence electrons. The highest BCUT2D eigenvalue weighted by atomic mass is 16.3. The van der Waals surface area contributed by atoms with Crippen LogP contribution < -0.4 is 0 Å². The van der Waals surface area contributed by atoms with Crippen LogP contribution in [-0.2, 0) is 13.2 Å². The van der Waals surface area contributed by atoms with Gasteiger partial charge >= 0.3 is 0 Å². The molecule has 0 aliphatic carbocycles. The maximum Gasteiger partial charge on any atom is 0.189 e. The summed E-state index contributed by atoms with van der Waals surface area (Å²) in [4.78, 5) is 7.83. The average molecular weight is 243 g/mol. The number of hydrogen-bond acceptors (Lipinski definition) is 2. The Morgan fingerprint density at radius 2 is 2.22 bits per heavy atom. The largest absolute Gasteiger partial charge is 0.388 e. The molecule has 0 amide bonds. The maximum atomic E-state index is 9.37. The zero-order valence-electron chi connectivity index (χ0n) is 10.7. The Morgan fingerprint density at radius 1 is 1.44 bits per heavy atom. The molecule has 0 aliphatic rings. The second kappa shape index (κ2) is 5.19. The Labute approximate surface area is 107 Å². The van der Waals surface area contributed by atoms with Crippen LogP contribution in [0, 0.1) is 12.5 Å². The predicted molar refractivity (Wildman–Crippen MR) is 71.4 cm³/mol. The number of fused-ring (bicyclic) bond motifs is 1. The lowest BCUT2D eigenvalue weighted by atomic mass is 10.1. The van der Waals surface area contributed by atoms with Crippen molar-refractivity contribution in [1.29, 1.82) is 0 Å². The van der Waals surface area contributed by atoms with Crippen molar-refractivity contribution in [2.45, 2.75) is 33.4 Å². The monoisotopic (exact) mass is 243 g/mol.